The van der Waals surface area contributed by atoms with Crippen molar-refractivity contribution in [2.24, 2.45) is 0 Å². The number of ether oxygens (including phenoxy) is 1. The predicted molar refractivity (Wildman–Crippen MR) is 108 cm³/mol. The van der Waals surface area contributed by atoms with Crippen molar-refractivity contribution in [3.63, 3.8) is 0 Å². The zero-order valence-electron chi connectivity index (χ0n) is 15.4. The fraction of sp³-hybridized carbons (Fsp3) is 0.250. The van der Waals surface area contributed by atoms with Gasteiger partial charge in [0.05, 0.1) is 11.0 Å². The summed E-state index contributed by atoms with van der Waals surface area (Å²) in [7, 11) is 0. The van der Waals surface area contributed by atoms with Gasteiger partial charge in [0.15, 0.2) is 6.61 Å². The molecule has 0 unspecified atom stereocenters. The quantitative estimate of drug-likeness (QED) is 0.617. The van der Waals surface area contributed by atoms with Crippen LogP contribution in [-0.2, 0) is 27.4 Å². The lowest BCUT2D eigenvalue weighted by molar-refractivity contribution is -0.147. The molecule has 0 fully saturated rings. The number of hydrogen-bond donors (Lipinski definition) is 1. The van der Waals surface area contributed by atoms with Crippen molar-refractivity contribution in [1.82, 2.24) is 9.13 Å². The summed E-state index contributed by atoms with van der Waals surface area (Å²) in [5.74, 6) is -1.15. The van der Waals surface area contributed by atoms with Crippen LogP contribution in [0.4, 0.5) is 5.69 Å². The number of amides is 1. The average Bonchev–Trinajstić information content (AvgIpc) is 2.93. The first-order valence-corrected chi connectivity index (χ1v) is 9.26. The molecular formula is C20H20ClN3O4. The van der Waals surface area contributed by atoms with Crippen LogP contribution in [0.5, 0.6) is 0 Å². The summed E-state index contributed by atoms with van der Waals surface area (Å²) >= 11 is 5.86. The number of benzene rings is 2. The van der Waals surface area contributed by atoms with Gasteiger partial charge in [-0.15, -0.1) is 0 Å². The van der Waals surface area contributed by atoms with E-state index in [4.69, 9.17) is 16.3 Å². The number of nitrogens with one attached hydrogen (secondary N) is 1. The summed E-state index contributed by atoms with van der Waals surface area (Å²) in [5.41, 5.74) is 1.65. The van der Waals surface area contributed by atoms with Gasteiger partial charge in [0.25, 0.3) is 5.91 Å². The number of aromatic nitrogens is 2. The van der Waals surface area contributed by atoms with E-state index >= 15 is 0 Å². The van der Waals surface area contributed by atoms with Gasteiger partial charge in [-0.3, -0.25) is 18.7 Å². The molecule has 2 aromatic carbocycles. The molecule has 0 bridgehead atoms. The molecule has 7 nitrogen and oxygen atoms in total. The summed E-state index contributed by atoms with van der Waals surface area (Å²) in [6.07, 6.45) is 0.794. The molecule has 0 radical (unpaired) electrons. The Morgan fingerprint density at radius 1 is 1.07 bits per heavy atom. The summed E-state index contributed by atoms with van der Waals surface area (Å²) in [4.78, 5) is 36.8. The summed E-state index contributed by atoms with van der Waals surface area (Å²) in [6.45, 7) is 1.82. The molecule has 0 atom stereocenters. The van der Waals surface area contributed by atoms with E-state index in [2.05, 4.69) is 5.32 Å². The first kappa shape index (κ1) is 19.7. The number of anilines is 1. The number of imidazole rings is 1. The fourth-order valence-electron chi connectivity index (χ4n) is 2.95. The normalized spacial score (nSPS) is 10.8. The number of aryl methyl sites for hydroxylation is 1. The van der Waals surface area contributed by atoms with Gasteiger partial charge in [-0.05, 0) is 36.8 Å². The van der Waals surface area contributed by atoms with Gasteiger partial charge in [-0.2, -0.15) is 0 Å². The number of rotatable bonds is 7. The molecular weight excluding hydrogens is 382 g/mol. The Labute approximate surface area is 166 Å². The molecule has 0 aliphatic carbocycles. The molecule has 0 saturated carbocycles. The predicted octanol–water partition coefficient (Wildman–Crippen LogP) is 3.05. The molecule has 0 saturated heterocycles. The standard InChI is InChI=1S/C20H20ClN3O4/c1-2-10-23-16-8-3-4-9-17(16)24(20(23)27)12-19(26)28-13-18(25)22-15-7-5-6-14(21)11-15/h3-9,11H,2,10,12-13H2,1H3,(H,22,25). The van der Waals surface area contributed by atoms with Crippen molar-refractivity contribution in [2.75, 3.05) is 11.9 Å². The lowest BCUT2D eigenvalue weighted by Crippen LogP contribution is -2.29. The highest BCUT2D eigenvalue weighted by molar-refractivity contribution is 6.30. The van der Waals surface area contributed by atoms with E-state index in [9.17, 15) is 14.4 Å². The third-order valence-electron chi connectivity index (χ3n) is 4.13. The van der Waals surface area contributed by atoms with Crippen LogP contribution in [0.3, 0.4) is 0 Å². The second-order valence-corrected chi connectivity index (χ2v) is 6.66. The zero-order chi connectivity index (χ0) is 20.1. The molecule has 0 aliphatic rings. The van der Waals surface area contributed by atoms with Gasteiger partial charge < -0.3 is 10.1 Å². The Morgan fingerprint density at radius 3 is 2.46 bits per heavy atom. The van der Waals surface area contributed by atoms with Crippen molar-refractivity contribution in [2.45, 2.75) is 26.4 Å². The van der Waals surface area contributed by atoms with Crippen LogP contribution in [-0.4, -0.2) is 27.6 Å². The molecule has 146 valence electrons. The maximum atomic E-state index is 12.7. The third-order valence-corrected chi connectivity index (χ3v) is 4.37. The minimum absolute atomic E-state index is 0.263. The number of nitrogens with zero attached hydrogens (tertiary/aromatic N) is 2. The van der Waals surface area contributed by atoms with E-state index < -0.39 is 18.5 Å². The number of fused-ring (bicyclic) bond motifs is 1. The molecule has 1 heterocycles. The summed E-state index contributed by atoms with van der Waals surface area (Å²) in [6, 6.07) is 13.9. The Morgan fingerprint density at radius 2 is 1.79 bits per heavy atom. The Balaban J connectivity index is 1.66. The van der Waals surface area contributed by atoms with Gasteiger partial charge in [0.2, 0.25) is 0 Å². The zero-order valence-corrected chi connectivity index (χ0v) is 16.1. The topological polar surface area (TPSA) is 82.3 Å². The molecule has 1 N–H and O–H groups in total. The van der Waals surface area contributed by atoms with Crippen LogP contribution in [0.1, 0.15) is 13.3 Å². The van der Waals surface area contributed by atoms with E-state index in [1.54, 1.807) is 41.0 Å². The first-order chi connectivity index (χ1) is 13.5. The second kappa shape index (κ2) is 8.75. The Bertz CT molecular complexity index is 1070. The maximum absolute atomic E-state index is 12.7. The van der Waals surface area contributed by atoms with Crippen LogP contribution >= 0.6 is 11.6 Å². The number of carbonyl (C=O) groups excluding carboxylic acids is 2. The molecule has 28 heavy (non-hydrogen) atoms. The first-order valence-electron chi connectivity index (χ1n) is 8.88. The molecule has 1 aromatic heterocycles. The smallest absolute Gasteiger partial charge is 0.329 e. The highest BCUT2D eigenvalue weighted by Crippen LogP contribution is 2.15. The largest absolute Gasteiger partial charge is 0.454 e. The van der Waals surface area contributed by atoms with E-state index in [1.165, 1.54) is 4.57 Å². The minimum Gasteiger partial charge on any atom is -0.454 e. The second-order valence-electron chi connectivity index (χ2n) is 6.23. The van der Waals surface area contributed by atoms with Crippen LogP contribution < -0.4 is 11.0 Å². The highest BCUT2D eigenvalue weighted by Gasteiger charge is 2.16. The number of halogens is 1. The van der Waals surface area contributed by atoms with Crippen LogP contribution in [0.25, 0.3) is 11.0 Å². The average molecular weight is 402 g/mol. The summed E-state index contributed by atoms with van der Waals surface area (Å²) < 4.78 is 8.03. The van der Waals surface area contributed by atoms with Crippen LogP contribution in [0.2, 0.25) is 5.02 Å². The van der Waals surface area contributed by atoms with E-state index in [1.807, 2.05) is 19.1 Å². The molecule has 3 aromatic rings. The van der Waals surface area contributed by atoms with Crippen molar-refractivity contribution < 1.29 is 14.3 Å². The van der Waals surface area contributed by atoms with Gasteiger partial charge >= 0.3 is 11.7 Å². The molecule has 8 heteroatoms. The van der Waals surface area contributed by atoms with E-state index in [-0.39, 0.29) is 12.2 Å². The molecule has 1 amide bonds. The van der Waals surface area contributed by atoms with Crippen molar-refractivity contribution in [1.29, 1.82) is 0 Å². The van der Waals surface area contributed by atoms with Crippen LogP contribution in [0.15, 0.2) is 53.3 Å². The third kappa shape index (κ3) is 4.43. The molecule has 0 spiro atoms. The number of esters is 1. The highest BCUT2D eigenvalue weighted by atomic mass is 35.5. The lowest BCUT2D eigenvalue weighted by Gasteiger charge is -2.07. The lowest BCUT2D eigenvalue weighted by atomic mass is 10.3. The number of carbonyl (C=O) groups is 2. The van der Waals surface area contributed by atoms with Crippen molar-refractivity contribution in [3.8, 4) is 0 Å². The molecule has 3 rings (SSSR count). The monoisotopic (exact) mass is 401 g/mol. The van der Waals surface area contributed by atoms with Gasteiger partial charge in [-0.25, -0.2) is 4.79 Å². The van der Waals surface area contributed by atoms with Crippen molar-refractivity contribution >= 4 is 40.2 Å². The Hall–Kier alpha value is -3.06. The fourth-order valence-corrected chi connectivity index (χ4v) is 3.14. The van der Waals surface area contributed by atoms with Gasteiger partial charge in [0.1, 0.15) is 6.54 Å². The maximum Gasteiger partial charge on any atom is 0.329 e. The minimum atomic E-state index is -0.664. The number of para-hydroxylation sites is 2. The van der Waals surface area contributed by atoms with Gasteiger partial charge in [-0.1, -0.05) is 36.7 Å². The SMILES string of the molecule is CCCn1c(=O)n(CC(=O)OCC(=O)Nc2cccc(Cl)c2)c2ccccc21. The van der Waals surface area contributed by atoms with Crippen molar-refractivity contribution in [3.05, 3.63) is 64.0 Å². The molecule has 0 aliphatic heterocycles. The summed E-state index contributed by atoms with van der Waals surface area (Å²) in [5, 5.41) is 3.07. The Kier molecular flexibility index (Phi) is 6.16. The van der Waals surface area contributed by atoms with E-state index in [0.29, 0.717) is 22.8 Å². The van der Waals surface area contributed by atoms with Gasteiger partial charge in [0, 0.05) is 17.3 Å². The number of hydrogen-bond acceptors (Lipinski definition) is 4. The van der Waals surface area contributed by atoms with Crippen LogP contribution in [0, 0.1) is 0 Å². The van der Waals surface area contributed by atoms with E-state index in [0.717, 1.165) is 11.9 Å².